The normalized spacial score (nSPS) is 18.2. The van der Waals surface area contributed by atoms with E-state index in [1.54, 1.807) is 0 Å². The lowest BCUT2D eigenvalue weighted by Crippen LogP contribution is -2.37. The van der Waals surface area contributed by atoms with Crippen LogP contribution >= 0.6 is 24.8 Å². The Morgan fingerprint density at radius 2 is 2.22 bits per heavy atom. The second kappa shape index (κ2) is 8.24. The molecule has 1 aromatic heterocycles. The highest BCUT2D eigenvalue weighted by atomic mass is 35.5. The van der Waals surface area contributed by atoms with Crippen molar-refractivity contribution in [3.05, 3.63) is 24.1 Å². The molecule has 1 fully saturated rings. The van der Waals surface area contributed by atoms with Gasteiger partial charge in [-0.25, -0.2) is 9.37 Å². The van der Waals surface area contributed by atoms with Gasteiger partial charge in [0.2, 0.25) is 5.91 Å². The lowest BCUT2D eigenvalue weighted by molar-refractivity contribution is -0.120. The molecule has 0 spiro atoms. The number of anilines is 1. The van der Waals surface area contributed by atoms with E-state index >= 15 is 0 Å². The Balaban J connectivity index is 0.00000144. The van der Waals surface area contributed by atoms with Crippen LogP contribution in [-0.2, 0) is 4.79 Å². The third-order valence-corrected chi connectivity index (χ3v) is 2.65. The molecule has 7 heteroatoms. The zero-order chi connectivity index (χ0) is 11.4. The van der Waals surface area contributed by atoms with Gasteiger partial charge >= 0.3 is 0 Å². The van der Waals surface area contributed by atoms with E-state index in [1.807, 2.05) is 0 Å². The van der Waals surface area contributed by atoms with E-state index in [-0.39, 0.29) is 36.6 Å². The average Bonchev–Trinajstić information content (AvgIpc) is 2.33. The Hall–Kier alpha value is -0.910. The Bertz CT molecular complexity index is 369. The van der Waals surface area contributed by atoms with Crippen molar-refractivity contribution in [1.29, 1.82) is 0 Å². The van der Waals surface area contributed by atoms with Gasteiger partial charge in [0.1, 0.15) is 11.6 Å². The van der Waals surface area contributed by atoms with E-state index in [4.69, 9.17) is 0 Å². The number of piperidine rings is 1. The predicted octanol–water partition coefficient (Wildman–Crippen LogP) is 2.00. The summed E-state index contributed by atoms with van der Waals surface area (Å²) in [5, 5.41) is 5.85. The first-order chi connectivity index (χ1) is 7.75. The van der Waals surface area contributed by atoms with Crippen LogP contribution in [-0.4, -0.2) is 24.0 Å². The van der Waals surface area contributed by atoms with Crippen LogP contribution in [0.15, 0.2) is 18.3 Å². The third-order valence-electron chi connectivity index (χ3n) is 2.65. The highest BCUT2D eigenvalue weighted by molar-refractivity contribution is 5.91. The van der Waals surface area contributed by atoms with Gasteiger partial charge in [-0.1, -0.05) is 0 Å². The van der Waals surface area contributed by atoms with Gasteiger partial charge in [-0.15, -0.1) is 24.8 Å². The number of carbonyl (C=O) groups is 1. The standard InChI is InChI=1S/C11H14FN3O.2ClH/c12-9-3-4-10(14-7-9)15-11(16)8-2-1-5-13-6-8;;/h3-4,7-8,13H,1-2,5-6H2,(H,14,15,16);2*1H. The maximum absolute atomic E-state index is 12.6. The molecule has 0 saturated carbocycles. The van der Waals surface area contributed by atoms with Crippen molar-refractivity contribution in [1.82, 2.24) is 10.3 Å². The molecule has 1 saturated heterocycles. The molecule has 0 bridgehead atoms. The number of aromatic nitrogens is 1. The van der Waals surface area contributed by atoms with Gasteiger partial charge < -0.3 is 10.6 Å². The third kappa shape index (κ3) is 4.76. The summed E-state index contributed by atoms with van der Waals surface area (Å²) in [7, 11) is 0. The number of rotatable bonds is 2. The first kappa shape index (κ1) is 17.1. The number of carbonyl (C=O) groups excluding carboxylic acids is 1. The minimum absolute atomic E-state index is 0. The van der Waals surface area contributed by atoms with E-state index in [1.165, 1.54) is 12.1 Å². The number of pyridine rings is 1. The highest BCUT2D eigenvalue weighted by Gasteiger charge is 2.20. The molecule has 18 heavy (non-hydrogen) atoms. The fraction of sp³-hybridized carbons (Fsp3) is 0.455. The molecular formula is C11H16Cl2FN3O. The minimum Gasteiger partial charge on any atom is -0.316 e. The van der Waals surface area contributed by atoms with Crippen molar-refractivity contribution in [2.24, 2.45) is 5.92 Å². The first-order valence-corrected chi connectivity index (χ1v) is 5.39. The summed E-state index contributed by atoms with van der Waals surface area (Å²) in [5.41, 5.74) is 0. The number of halogens is 3. The fourth-order valence-electron chi connectivity index (χ4n) is 1.75. The molecule has 2 rings (SSSR count). The zero-order valence-electron chi connectivity index (χ0n) is 9.69. The Morgan fingerprint density at radius 1 is 1.44 bits per heavy atom. The molecule has 4 nitrogen and oxygen atoms in total. The van der Waals surface area contributed by atoms with Gasteiger partial charge in [0.05, 0.1) is 12.1 Å². The number of nitrogens with one attached hydrogen (secondary N) is 2. The van der Waals surface area contributed by atoms with Gasteiger partial charge in [-0.3, -0.25) is 4.79 Å². The lowest BCUT2D eigenvalue weighted by atomic mass is 9.99. The maximum atomic E-state index is 12.6. The molecule has 1 amide bonds. The minimum atomic E-state index is -0.405. The predicted molar refractivity (Wildman–Crippen MR) is 72.9 cm³/mol. The monoisotopic (exact) mass is 295 g/mol. The molecule has 2 N–H and O–H groups in total. The molecule has 0 aliphatic carbocycles. The van der Waals surface area contributed by atoms with Crippen LogP contribution in [0.4, 0.5) is 10.2 Å². The molecule has 1 atom stereocenters. The fourth-order valence-corrected chi connectivity index (χ4v) is 1.75. The van der Waals surface area contributed by atoms with Crippen LogP contribution in [0.25, 0.3) is 0 Å². The zero-order valence-corrected chi connectivity index (χ0v) is 11.3. The number of hydrogen-bond donors (Lipinski definition) is 2. The molecule has 2 heterocycles. The molecule has 1 aliphatic heterocycles. The van der Waals surface area contributed by atoms with Crippen molar-refractivity contribution in [3.8, 4) is 0 Å². The number of amides is 1. The molecule has 1 aliphatic rings. The van der Waals surface area contributed by atoms with Crippen LogP contribution in [0, 0.1) is 11.7 Å². The van der Waals surface area contributed by atoms with Crippen molar-refractivity contribution >= 4 is 36.5 Å². The van der Waals surface area contributed by atoms with Crippen LogP contribution in [0.3, 0.4) is 0 Å². The highest BCUT2D eigenvalue weighted by Crippen LogP contribution is 2.12. The largest absolute Gasteiger partial charge is 0.316 e. The van der Waals surface area contributed by atoms with Gasteiger partial charge in [0.15, 0.2) is 0 Å². The lowest BCUT2D eigenvalue weighted by Gasteiger charge is -2.21. The van der Waals surface area contributed by atoms with Gasteiger partial charge in [0, 0.05) is 6.54 Å². The van der Waals surface area contributed by atoms with E-state index in [9.17, 15) is 9.18 Å². The number of hydrogen-bond acceptors (Lipinski definition) is 3. The SMILES string of the molecule is Cl.Cl.O=C(Nc1ccc(F)cn1)C1CCCNC1. The quantitative estimate of drug-likeness (QED) is 0.877. The number of nitrogens with zero attached hydrogens (tertiary/aromatic N) is 1. The van der Waals surface area contributed by atoms with Crippen LogP contribution < -0.4 is 10.6 Å². The van der Waals surface area contributed by atoms with Gasteiger partial charge in [-0.2, -0.15) is 0 Å². The summed E-state index contributed by atoms with van der Waals surface area (Å²) in [4.78, 5) is 15.6. The molecule has 0 aromatic carbocycles. The van der Waals surface area contributed by atoms with Crippen molar-refractivity contribution < 1.29 is 9.18 Å². The smallest absolute Gasteiger partial charge is 0.229 e. The molecule has 1 aromatic rings. The van der Waals surface area contributed by atoms with E-state index in [0.717, 1.165) is 25.6 Å². The van der Waals surface area contributed by atoms with Gasteiger partial charge in [-0.05, 0) is 31.5 Å². The first-order valence-electron chi connectivity index (χ1n) is 5.39. The van der Waals surface area contributed by atoms with Crippen LogP contribution in [0.5, 0.6) is 0 Å². The Labute approximate surface area is 118 Å². The Kier molecular flexibility index (Phi) is 7.82. The maximum Gasteiger partial charge on any atom is 0.229 e. The Morgan fingerprint density at radius 3 is 2.78 bits per heavy atom. The summed E-state index contributed by atoms with van der Waals surface area (Å²) < 4.78 is 12.6. The van der Waals surface area contributed by atoms with Crippen molar-refractivity contribution in [3.63, 3.8) is 0 Å². The summed E-state index contributed by atoms with van der Waals surface area (Å²) in [5.74, 6) is -0.0683. The van der Waals surface area contributed by atoms with E-state index < -0.39 is 5.82 Å². The van der Waals surface area contributed by atoms with E-state index in [2.05, 4.69) is 15.6 Å². The van der Waals surface area contributed by atoms with Gasteiger partial charge in [0.25, 0.3) is 0 Å². The topological polar surface area (TPSA) is 54.0 Å². The summed E-state index contributed by atoms with van der Waals surface area (Å²) in [6.07, 6.45) is 2.99. The molecular weight excluding hydrogens is 280 g/mol. The van der Waals surface area contributed by atoms with Crippen LogP contribution in [0.2, 0.25) is 0 Å². The molecule has 0 radical (unpaired) electrons. The van der Waals surface area contributed by atoms with Crippen molar-refractivity contribution in [2.45, 2.75) is 12.8 Å². The molecule has 1 unspecified atom stereocenters. The summed E-state index contributed by atoms with van der Waals surface area (Å²) in [6, 6.07) is 2.74. The summed E-state index contributed by atoms with van der Waals surface area (Å²) in [6.45, 7) is 1.67. The second-order valence-corrected chi connectivity index (χ2v) is 3.89. The second-order valence-electron chi connectivity index (χ2n) is 3.89. The van der Waals surface area contributed by atoms with Crippen LogP contribution in [0.1, 0.15) is 12.8 Å². The van der Waals surface area contributed by atoms with E-state index in [0.29, 0.717) is 12.4 Å². The molecule has 102 valence electrons. The summed E-state index contributed by atoms with van der Waals surface area (Å²) >= 11 is 0. The van der Waals surface area contributed by atoms with Crippen molar-refractivity contribution in [2.75, 3.05) is 18.4 Å². The average molecular weight is 296 g/mol.